The van der Waals surface area contributed by atoms with Gasteiger partial charge in [0.15, 0.2) is 0 Å². The number of benzene rings is 1. The number of hydrogen-bond donors (Lipinski definition) is 1. The molecule has 23 heavy (non-hydrogen) atoms. The molecule has 2 aliphatic heterocycles. The van der Waals surface area contributed by atoms with Crippen LogP contribution in [0.3, 0.4) is 0 Å². The summed E-state index contributed by atoms with van der Waals surface area (Å²) in [6.45, 7) is 2.27. The van der Waals surface area contributed by atoms with E-state index >= 15 is 0 Å². The molecule has 0 saturated carbocycles. The van der Waals surface area contributed by atoms with E-state index in [1.807, 2.05) is 4.90 Å². The summed E-state index contributed by atoms with van der Waals surface area (Å²) in [5.74, 6) is -0.587. The van der Waals surface area contributed by atoms with Crippen molar-refractivity contribution in [3.63, 3.8) is 0 Å². The Morgan fingerprint density at radius 2 is 1.83 bits per heavy atom. The van der Waals surface area contributed by atoms with Crippen LogP contribution in [0.25, 0.3) is 0 Å². The van der Waals surface area contributed by atoms with Gasteiger partial charge in [0.25, 0.3) is 5.91 Å². The summed E-state index contributed by atoms with van der Waals surface area (Å²) in [5, 5.41) is 9.12. The summed E-state index contributed by atoms with van der Waals surface area (Å²) >= 11 is 3.28. The van der Waals surface area contributed by atoms with E-state index in [9.17, 15) is 9.59 Å². The minimum Gasteiger partial charge on any atom is -0.478 e. The predicted octanol–water partition coefficient (Wildman–Crippen LogP) is 3.18. The van der Waals surface area contributed by atoms with Crippen LogP contribution in [-0.2, 0) is 4.74 Å². The summed E-state index contributed by atoms with van der Waals surface area (Å²) in [5.41, 5.74) is 0.546. The van der Waals surface area contributed by atoms with Gasteiger partial charge in [0, 0.05) is 29.7 Å². The third-order valence-electron chi connectivity index (χ3n) is 4.71. The summed E-state index contributed by atoms with van der Waals surface area (Å²) in [6.07, 6.45) is 4.54. The topological polar surface area (TPSA) is 66.8 Å². The van der Waals surface area contributed by atoms with Crippen LogP contribution >= 0.6 is 15.9 Å². The summed E-state index contributed by atoms with van der Waals surface area (Å²) in [4.78, 5) is 25.6. The molecule has 3 rings (SSSR count). The average molecular weight is 382 g/mol. The van der Waals surface area contributed by atoms with Crippen LogP contribution in [-0.4, -0.2) is 47.7 Å². The molecule has 0 aliphatic carbocycles. The Hall–Kier alpha value is -1.40. The van der Waals surface area contributed by atoms with E-state index in [1.165, 1.54) is 12.1 Å². The van der Waals surface area contributed by atoms with Crippen LogP contribution in [0.2, 0.25) is 0 Å². The largest absolute Gasteiger partial charge is 0.478 e. The van der Waals surface area contributed by atoms with Crippen molar-refractivity contribution >= 4 is 27.8 Å². The predicted molar refractivity (Wildman–Crippen MR) is 88.7 cm³/mol. The van der Waals surface area contributed by atoms with Gasteiger partial charge in [-0.1, -0.05) is 15.9 Å². The number of hydrogen-bond acceptors (Lipinski definition) is 3. The van der Waals surface area contributed by atoms with Crippen molar-refractivity contribution in [2.45, 2.75) is 31.8 Å². The fourth-order valence-electron chi connectivity index (χ4n) is 3.47. The van der Waals surface area contributed by atoms with Gasteiger partial charge in [-0.25, -0.2) is 4.79 Å². The minimum absolute atomic E-state index is 0.0976. The Balaban J connectivity index is 1.66. The number of piperidine rings is 1. The molecule has 6 heteroatoms. The highest BCUT2D eigenvalue weighted by Crippen LogP contribution is 2.29. The van der Waals surface area contributed by atoms with Crippen LogP contribution in [0.4, 0.5) is 0 Å². The fourth-order valence-corrected chi connectivity index (χ4v) is 3.96. The summed E-state index contributed by atoms with van der Waals surface area (Å²) in [6, 6.07) is 4.63. The highest BCUT2D eigenvalue weighted by molar-refractivity contribution is 9.10. The zero-order chi connectivity index (χ0) is 16.4. The summed E-state index contributed by atoms with van der Waals surface area (Å²) in [7, 11) is 0. The molecule has 1 atom stereocenters. The van der Waals surface area contributed by atoms with Crippen molar-refractivity contribution in [3.8, 4) is 0 Å². The van der Waals surface area contributed by atoms with Crippen LogP contribution in [0.5, 0.6) is 0 Å². The van der Waals surface area contributed by atoms with Crippen molar-refractivity contribution in [2.75, 3.05) is 19.7 Å². The number of amides is 1. The van der Waals surface area contributed by atoms with Gasteiger partial charge in [-0.2, -0.15) is 0 Å². The Kier molecular flexibility index (Phi) is 5.02. The molecule has 1 N–H and O–H groups in total. The number of halogens is 1. The molecule has 124 valence electrons. The number of rotatable bonds is 3. The summed E-state index contributed by atoms with van der Waals surface area (Å²) < 4.78 is 6.36. The molecule has 1 aromatic rings. The number of nitrogens with zero attached hydrogens (tertiary/aromatic N) is 1. The number of likely N-dealkylation sites (tertiary alicyclic amines) is 1. The maximum absolute atomic E-state index is 12.6. The molecule has 2 heterocycles. The molecule has 1 aromatic carbocycles. The number of ether oxygens (including phenoxy) is 1. The number of carboxylic acid groups (broad SMARTS) is 1. The van der Waals surface area contributed by atoms with Crippen molar-refractivity contribution in [3.05, 3.63) is 33.8 Å². The fraction of sp³-hybridized carbons (Fsp3) is 0.529. The monoisotopic (exact) mass is 381 g/mol. The van der Waals surface area contributed by atoms with E-state index in [2.05, 4.69) is 15.9 Å². The van der Waals surface area contributed by atoms with Crippen molar-refractivity contribution in [2.24, 2.45) is 5.92 Å². The number of carbonyl (C=O) groups excluding carboxylic acids is 1. The quantitative estimate of drug-likeness (QED) is 0.872. The normalized spacial score (nSPS) is 22.3. The Morgan fingerprint density at radius 1 is 1.13 bits per heavy atom. The lowest BCUT2D eigenvalue weighted by molar-refractivity contribution is 0.0291. The van der Waals surface area contributed by atoms with E-state index in [0.29, 0.717) is 35.1 Å². The highest BCUT2D eigenvalue weighted by atomic mass is 79.9. The maximum Gasteiger partial charge on any atom is 0.335 e. The SMILES string of the molecule is O=C(O)c1cc(Br)cc(C(=O)N2CCC(C3CCCO3)CC2)c1. The molecule has 1 unspecified atom stereocenters. The van der Waals surface area contributed by atoms with Gasteiger partial charge in [0.05, 0.1) is 11.7 Å². The van der Waals surface area contributed by atoms with Crippen molar-refractivity contribution in [1.29, 1.82) is 0 Å². The Labute approximate surface area is 143 Å². The van der Waals surface area contributed by atoms with Crippen molar-refractivity contribution < 1.29 is 19.4 Å². The average Bonchev–Trinajstić information content (AvgIpc) is 3.08. The first-order valence-corrected chi connectivity index (χ1v) is 8.78. The number of carbonyl (C=O) groups is 2. The Bertz CT molecular complexity index is 605. The van der Waals surface area contributed by atoms with Gasteiger partial charge in [-0.15, -0.1) is 0 Å². The minimum atomic E-state index is -1.03. The lowest BCUT2D eigenvalue weighted by atomic mass is 9.89. The molecule has 2 saturated heterocycles. The van der Waals surface area contributed by atoms with Gasteiger partial charge in [-0.05, 0) is 49.8 Å². The van der Waals surface area contributed by atoms with Gasteiger partial charge >= 0.3 is 5.97 Å². The maximum atomic E-state index is 12.6. The first kappa shape index (κ1) is 16.5. The molecule has 2 aliphatic rings. The molecule has 0 bridgehead atoms. The van der Waals surface area contributed by atoms with Crippen LogP contribution < -0.4 is 0 Å². The second-order valence-electron chi connectivity index (χ2n) is 6.21. The molecule has 0 spiro atoms. The Morgan fingerprint density at radius 3 is 2.43 bits per heavy atom. The smallest absolute Gasteiger partial charge is 0.335 e. The second-order valence-corrected chi connectivity index (χ2v) is 7.13. The van der Waals surface area contributed by atoms with E-state index in [-0.39, 0.29) is 11.5 Å². The molecule has 1 amide bonds. The van der Waals surface area contributed by atoms with Crippen LogP contribution in [0, 0.1) is 5.92 Å². The van der Waals surface area contributed by atoms with Crippen LogP contribution in [0.1, 0.15) is 46.4 Å². The molecule has 5 nitrogen and oxygen atoms in total. The zero-order valence-corrected chi connectivity index (χ0v) is 14.4. The van der Waals surface area contributed by atoms with Crippen LogP contribution in [0.15, 0.2) is 22.7 Å². The van der Waals surface area contributed by atoms with Crippen molar-refractivity contribution in [1.82, 2.24) is 4.90 Å². The molecule has 0 radical (unpaired) electrons. The molecule has 2 fully saturated rings. The molecular weight excluding hydrogens is 362 g/mol. The lowest BCUT2D eigenvalue weighted by Gasteiger charge is -2.34. The second kappa shape index (κ2) is 7.01. The van der Waals surface area contributed by atoms with Gasteiger partial charge in [-0.3, -0.25) is 4.79 Å². The van der Waals surface area contributed by atoms with E-state index in [1.54, 1.807) is 6.07 Å². The third-order valence-corrected chi connectivity index (χ3v) is 5.17. The van der Waals surface area contributed by atoms with E-state index < -0.39 is 5.97 Å². The highest BCUT2D eigenvalue weighted by Gasteiger charge is 2.31. The first-order valence-electron chi connectivity index (χ1n) is 7.99. The number of aromatic carboxylic acids is 1. The van der Waals surface area contributed by atoms with Gasteiger partial charge in [0.1, 0.15) is 0 Å². The molecule has 0 aromatic heterocycles. The van der Waals surface area contributed by atoms with Gasteiger partial charge in [0.2, 0.25) is 0 Å². The van der Waals surface area contributed by atoms with Gasteiger partial charge < -0.3 is 14.7 Å². The standard InChI is InChI=1S/C17H20BrNO4/c18-14-9-12(8-13(10-14)17(21)22)16(20)19-5-3-11(4-6-19)15-2-1-7-23-15/h8-11,15H,1-7H2,(H,21,22). The third kappa shape index (κ3) is 3.75. The van der Waals surface area contributed by atoms with E-state index in [0.717, 1.165) is 32.3 Å². The van der Waals surface area contributed by atoms with E-state index in [4.69, 9.17) is 9.84 Å². The molecular formula is C17H20BrNO4. The first-order chi connectivity index (χ1) is 11.0. The lowest BCUT2D eigenvalue weighted by Crippen LogP contribution is -2.41. The zero-order valence-electron chi connectivity index (χ0n) is 12.8. The number of carboxylic acids is 1.